The molecule has 2 rings (SSSR count). The summed E-state index contributed by atoms with van der Waals surface area (Å²) in [5, 5.41) is 0. The van der Waals surface area contributed by atoms with Crippen molar-refractivity contribution in [2.24, 2.45) is 5.73 Å². The van der Waals surface area contributed by atoms with Crippen LogP contribution in [-0.4, -0.2) is 0 Å². The number of aryl methyl sites for hydroxylation is 1. The van der Waals surface area contributed by atoms with Gasteiger partial charge in [-0.25, -0.2) is 4.39 Å². The van der Waals surface area contributed by atoms with Gasteiger partial charge in [-0.2, -0.15) is 0 Å². The van der Waals surface area contributed by atoms with Crippen LogP contribution < -0.4 is 5.73 Å². The fourth-order valence-corrected chi connectivity index (χ4v) is 1.93. The van der Waals surface area contributed by atoms with Gasteiger partial charge in [0, 0.05) is 6.54 Å². The molecule has 1 nitrogen and oxygen atoms in total. The summed E-state index contributed by atoms with van der Waals surface area (Å²) < 4.78 is 13.1. The first-order chi connectivity index (χ1) is 8.24. The second kappa shape index (κ2) is 5.11. The highest BCUT2D eigenvalue weighted by Crippen LogP contribution is 2.24. The average Bonchev–Trinajstić information content (AvgIpc) is 2.39. The van der Waals surface area contributed by atoms with Crippen LogP contribution >= 0.6 is 0 Å². The van der Waals surface area contributed by atoms with Crippen LogP contribution in [0.15, 0.2) is 42.5 Å². The summed E-state index contributed by atoms with van der Waals surface area (Å²) in [5.41, 5.74) is 9.88. The molecule has 0 spiro atoms. The van der Waals surface area contributed by atoms with Crippen LogP contribution in [0.3, 0.4) is 0 Å². The van der Waals surface area contributed by atoms with Gasteiger partial charge >= 0.3 is 0 Å². The topological polar surface area (TPSA) is 26.0 Å². The molecule has 0 aliphatic carbocycles. The number of halogens is 1. The Morgan fingerprint density at radius 1 is 1.06 bits per heavy atom. The quantitative estimate of drug-likeness (QED) is 0.856. The van der Waals surface area contributed by atoms with Gasteiger partial charge in [-0.1, -0.05) is 37.3 Å². The standard InChI is InChI=1S/C15H16FN/c1-2-11-3-5-12(6-4-11)15-8-7-14(16)9-13(15)10-17/h3-9H,2,10,17H2,1H3. The Balaban J connectivity index is 2.44. The van der Waals surface area contributed by atoms with Crippen LogP contribution in [0.4, 0.5) is 4.39 Å². The lowest BCUT2D eigenvalue weighted by Crippen LogP contribution is -1.99. The molecule has 0 heterocycles. The lowest BCUT2D eigenvalue weighted by molar-refractivity contribution is 0.625. The van der Waals surface area contributed by atoms with Gasteiger partial charge in [0.15, 0.2) is 0 Å². The summed E-state index contributed by atoms with van der Waals surface area (Å²) in [6.07, 6.45) is 1.02. The monoisotopic (exact) mass is 229 g/mol. The Bertz CT molecular complexity index is 503. The minimum Gasteiger partial charge on any atom is -0.326 e. The van der Waals surface area contributed by atoms with Gasteiger partial charge in [0.25, 0.3) is 0 Å². The first-order valence-electron chi connectivity index (χ1n) is 5.82. The molecular formula is C15H16FN. The van der Waals surface area contributed by atoms with Crippen LogP contribution in [0.1, 0.15) is 18.1 Å². The average molecular weight is 229 g/mol. The Morgan fingerprint density at radius 2 is 1.76 bits per heavy atom. The lowest BCUT2D eigenvalue weighted by atomic mass is 9.98. The molecule has 2 aromatic rings. The summed E-state index contributed by atoms with van der Waals surface area (Å²) in [6.45, 7) is 2.47. The Kier molecular flexibility index (Phi) is 3.55. The van der Waals surface area contributed by atoms with E-state index in [4.69, 9.17) is 5.73 Å². The summed E-state index contributed by atoms with van der Waals surface area (Å²) in [7, 11) is 0. The maximum Gasteiger partial charge on any atom is 0.123 e. The zero-order valence-electron chi connectivity index (χ0n) is 9.91. The zero-order chi connectivity index (χ0) is 12.3. The maximum atomic E-state index is 13.1. The van der Waals surface area contributed by atoms with E-state index in [1.165, 1.54) is 17.7 Å². The molecule has 2 aromatic carbocycles. The molecule has 0 saturated carbocycles. The van der Waals surface area contributed by atoms with Crippen LogP contribution in [-0.2, 0) is 13.0 Å². The molecule has 2 heteroatoms. The Hall–Kier alpha value is -1.67. The molecule has 0 unspecified atom stereocenters. The van der Waals surface area contributed by atoms with Crippen molar-refractivity contribution in [2.45, 2.75) is 19.9 Å². The molecule has 0 fully saturated rings. The number of hydrogen-bond donors (Lipinski definition) is 1. The van der Waals surface area contributed by atoms with Gasteiger partial charge in [0.05, 0.1) is 0 Å². The molecule has 0 amide bonds. The van der Waals surface area contributed by atoms with Gasteiger partial charge in [-0.05, 0) is 40.8 Å². The van der Waals surface area contributed by atoms with Crippen LogP contribution in [0.2, 0.25) is 0 Å². The third-order valence-corrected chi connectivity index (χ3v) is 2.96. The van der Waals surface area contributed by atoms with Gasteiger partial charge in [0.2, 0.25) is 0 Å². The second-order valence-corrected chi connectivity index (χ2v) is 4.06. The summed E-state index contributed by atoms with van der Waals surface area (Å²) in [5.74, 6) is -0.237. The number of hydrogen-bond acceptors (Lipinski definition) is 1. The Morgan fingerprint density at radius 3 is 2.35 bits per heavy atom. The second-order valence-electron chi connectivity index (χ2n) is 4.06. The molecule has 0 saturated heterocycles. The highest BCUT2D eigenvalue weighted by molar-refractivity contribution is 5.67. The van der Waals surface area contributed by atoms with Gasteiger partial charge in [-0.15, -0.1) is 0 Å². The molecule has 88 valence electrons. The molecular weight excluding hydrogens is 213 g/mol. The van der Waals surface area contributed by atoms with Crippen molar-refractivity contribution in [2.75, 3.05) is 0 Å². The van der Waals surface area contributed by atoms with Crippen LogP contribution in [0.5, 0.6) is 0 Å². The molecule has 0 aliphatic heterocycles. The van der Waals surface area contributed by atoms with Gasteiger partial charge in [0.1, 0.15) is 5.82 Å². The minimum atomic E-state index is -0.237. The van der Waals surface area contributed by atoms with Crippen molar-refractivity contribution in [1.82, 2.24) is 0 Å². The van der Waals surface area contributed by atoms with E-state index in [1.807, 2.05) is 0 Å². The van der Waals surface area contributed by atoms with Gasteiger partial charge < -0.3 is 5.73 Å². The zero-order valence-corrected chi connectivity index (χ0v) is 9.91. The third-order valence-electron chi connectivity index (χ3n) is 2.96. The number of rotatable bonds is 3. The van der Waals surface area contributed by atoms with Crippen molar-refractivity contribution in [3.63, 3.8) is 0 Å². The molecule has 2 N–H and O–H groups in total. The SMILES string of the molecule is CCc1ccc(-c2ccc(F)cc2CN)cc1. The van der Waals surface area contributed by atoms with E-state index in [1.54, 1.807) is 6.07 Å². The summed E-state index contributed by atoms with van der Waals surface area (Å²) in [4.78, 5) is 0. The highest BCUT2D eigenvalue weighted by Gasteiger charge is 2.05. The van der Waals surface area contributed by atoms with E-state index in [0.29, 0.717) is 6.54 Å². The molecule has 0 bridgehead atoms. The smallest absolute Gasteiger partial charge is 0.123 e. The van der Waals surface area contributed by atoms with Crippen LogP contribution in [0, 0.1) is 5.82 Å². The van der Waals surface area contributed by atoms with Gasteiger partial charge in [-0.3, -0.25) is 0 Å². The fraction of sp³-hybridized carbons (Fsp3) is 0.200. The number of nitrogens with two attached hydrogens (primary N) is 1. The molecule has 0 aromatic heterocycles. The largest absolute Gasteiger partial charge is 0.326 e. The highest BCUT2D eigenvalue weighted by atomic mass is 19.1. The molecule has 17 heavy (non-hydrogen) atoms. The van der Waals surface area contributed by atoms with Crippen LogP contribution in [0.25, 0.3) is 11.1 Å². The van der Waals surface area contributed by atoms with Crippen molar-refractivity contribution >= 4 is 0 Å². The predicted molar refractivity (Wildman–Crippen MR) is 69.1 cm³/mol. The Labute approximate surface area is 101 Å². The van der Waals surface area contributed by atoms with E-state index in [9.17, 15) is 4.39 Å². The number of benzene rings is 2. The third kappa shape index (κ3) is 2.53. The van der Waals surface area contributed by atoms with Crippen molar-refractivity contribution < 1.29 is 4.39 Å². The predicted octanol–water partition coefficient (Wildman–Crippen LogP) is 3.51. The summed E-state index contributed by atoms with van der Waals surface area (Å²) in [6, 6.07) is 13.1. The van der Waals surface area contributed by atoms with E-state index >= 15 is 0 Å². The first-order valence-corrected chi connectivity index (χ1v) is 5.82. The molecule has 0 radical (unpaired) electrons. The molecule has 0 atom stereocenters. The van der Waals surface area contributed by atoms with E-state index in [2.05, 4.69) is 31.2 Å². The lowest BCUT2D eigenvalue weighted by Gasteiger charge is -2.08. The van der Waals surface area contributed by atoms with E-state index < -0.39 is 0 Å². The molecule has 0 aliphatic rings. The fourth-order valence-electron chi connectivity index (χ4n) is 1.93. The van der Waals surface area contributed by atoms with Crippen molar-refractivity contribution in [3.8, 4) is 11.1 Å². The van der Waals surface area contributed by atoms with Crippen molar-refractivity contribution in [3.05, 3.63) is 59.4 Å². The maximum absolute atomic E-state index is 13.1. The van der Waals surface area contributed by atoms with E-state index in [0.717, 1.165) is 23.1 Å². The first kappa shape index (κ1) is 11.8. The van der Waals surface area contributed by atoms with Crippen molar-refractivity contribution in [1.29, 1.82) is 0 Å². The minimum absolute atomic E-state index is 0.237. The summed E-state index contributed by atoms with van der Waals surface area (Å²) >= 11 is 0. The normalized spacial score (nSPS) is 10.5. The van der Waals surface area contributed by atoms with E-state index in [-0.39, 0.29) is 5.82 Å².